The lowest BCUT2D eigenvalue weighted by Gasteiger charge is -2.24. The van der Waals surface area contributed by atoms with Gasteiger partial charge in [-0.1, -0.05) is 6.07 Å². The van der Waals surface area contributed by atoms with E-state index in [9.17, 15) is 14.4 Å². The van der Waals surface area contributed by atoms with E-state index in [-0.39, 0.29) is 25.3 Å². The Balaban J connectivity index is 2.25. The molecular weight excluding hydrogens is 262 g/mol. The number of fused-ring (bicyclic) bond motifs is 1. The largest absolute Gasteiger partial charge is 0.481 e. The van der Waals surface area contributed by atoms with Crippen LogP contribution < -0.4 is 11.5 Å². The zero-order valence-electron chi connectivity index (χ0n) is 10.7. The summed E-state index contributed by atoms with van der Waals surface area (Å²) in [7, 11) is 0. The van der Waals surface area contributed by atoms with Crippen LogP contribution in [0.1, 0.15) is 28.8 Å². The molecule has 1 atom stereocenters. The minimum absolute atomic E-state index is 0.00962. The molecule has 0 fully saturated rings. The van der Waals surface area contributed by atoms with Crippen molar-refractivity contribution in [3.05, 3.63) is 29.3 Å². The number of carbonyl (C=O) groups excluding carboxylic acids is 2. The van der Waals surface area contributed by atoms with E-state index in [2.05, 4.69) is 0 Å². The molecule has 1 aromatic rings. The van der Waals surface area contributed by atoms with Gasteiger partial charge < -0.3 is 21.5 Å². The molecule has 0 radical (unpaired) electrons. The number of anilines is 1. The molecule has 5 N–H and O–H groups in total. The van der Waals surface area contributed by atoms with Crippen LogP contribution in [0, 0.1) is 0 Å². The molecule has 2 amide bonds. The van der Waals surface area contributed by atoms with Crippen molar-refractivity contribution in [1.82, 2.24) is 4.90 Å². The number of hydrogen-bond acceptors (Lipinski definition) is 4. The number of nitrogens with zero attached hydrogens (tertiary/aromatic N) is 1. The van der Waals surface area contributed by atoms with Crippen molar-refractivity contribution in [1.29, 1.82) is 0 Å². The fraction of sp³-hybridized carbons (Fsp3) is 0.308. The molecule has 0 spiro atoms. The van der Waals surface area contributed by atoms with Crippen molar-refractivity contribution in [3.63, 3.8) is 0 Å². The predicted molar refractivity (Wildman–Crippen MR) is 70.6 cm³/mol. The molecule has 0 saturated carbocycles. The van der Waals surface area contributed by atoms with E-state index in [4.69, 9.17) is 16.6 Å². The zero-order chi connectivity index (χ0) is 14.9. The number of hydrogen-bond donors (Lipinski definition) is 3. The van der Waals surface area contributed by atoms with E-state index < -0.39 is 17.9 Å². The van der Waals surface area contributed by atoms with Crippen LogP contribution in [-0.2, 0) is 16.1 Å². The molecule has 7 heteroatoms. The van der Waals surface area contributed by atoms with Gasteiger partial charge >= 0.3 is 5.97 Å². The monoisotopic (exact) mass is 277 g/mol. The van der Waals surface area contributed by atoms with Gasteiger partial charge in [-0.05, 0) is 18.6 Å². The Morgan fingerprint density at radius 3 is 2.65 bits per heavy atom. The molecular formula is C13H15N3O4. The first-order valence-electron chi connectivity index (χ1n) is 6.11. The topological polar surface area (TPSA) is 127 Å². The van der Waals surface area contributed by atoms with E-state index in [1.54, 1.807) is 18.2 Å². The van der Waals surface area contributed by atoms with Crippen LogP contribution in [0.15, 0.2) is 18.2 Å². The number of nitrogens with two attached hydrogens (primary N) is 2. The quantitative estimate of drug-likeness (QED) is 0.650. The van der Waals surface area contributed by atoms with E-state index >= 15 is 0 Å². The number of benzene rings is 1. The highest BCUT2D eigenvalue weighted by molar-refractivity contribution is 6.02. The van der Waals surface area contributed by atoms with Gasteiger partial charge in [-0.15, -0.1) is 0 Å². The third kappa shape index (κ3) is 2.42. The molecule has 0 bridgehead atoms. The molecule has 0 unspecified atom stereocenters. The SMILES string of the molecule is NC(=O)[C@H](CCC(=O)O)N1Cc2c(N)cccc2C1=O. The molecule has 1 aromatic carbocycles. The second-order valence-corrected chi connectivity index (χ2v) is 4.66. The summed E-state index contributed by atoms with van der Waals surface area (Å²) < 4.78 is 0. The maximum atomic E-state index is 12.3. The fourth-order valence-electron chi connectivity index (χ4n) is 2.34. The number of carbonyl (C=O) groups is 3. The Morgan fingerprint density at radius 1 is 1.40 bits per heavy atom. The molecule has 7 nitrogen and oxygen atoms in total. The third-order valence-electron chi connectivity index (χ3n) is 3.37. The summed E-state index contributed by atoms with van der Waals surface area (Å²) >= 11 is 0. The van der Waals surface area contributed by atoms with E-state index in [0.29, 0.717) is 16.8 Å². The molecule has 0 aliphatic carbocycles. The molecule has 0 aromatic heterocycles. The van der Waals surface area contributed by atoms with Crippen LogP contribution in [-0.4, -0.2) is 33.8 Å². The summed E-state index contributed by atoms with van der Waals surface area (Å²) in [6.07, 6.45) is -0.243. The summed E-state index contributed by atoms with van der Waals surface area (Å²) in [4.78, 5) is 35.6. The van der Waals surface area contributed by atoms with Crippen molar-refractivity contribution >= 4 is 23.5 Å². The second-order valence-electron chi connectivity index (χ2n) is 4.66. The standard InChI is InChI=1S/C13H15N3O4/c14-9-3-1-2-7-8(9)6-16(13(7)20)10(12(15)19)4-5-11(17)18/h1-3,10H,4-6,14H2,(H2,15,19)(H,17,18)/t10-/m0/s1. The Kier molecular flexibility index (Phi) is 3.60. The van der Waals surface area contributed by atoms with E-state index in [1.165, 1.54) is 4.90 Å². The lowest BCUT2D eigenvalue weighted by Crippen LogP contribution is -2.45. The Bertz CT molecular complexity index is 585. The second kappa shape index (κ2) is 5.20. The average molecular weight is 277 g/mol. The Morgan fingerprint density at radius 2 is 2.10 bits per heavy atom. The van der Waals surface area contributed by atoms with Crippen LogP contribution in [0.25, 0.3) is 0 Å². The number of amides is 2. The average Bonchev–Trinajstić information content (AvgIpc) is 2.69. The number of nitrogen functional groups attached to an aromatic ring is 1. The van der Waals surface area contributed by atoms with Gasteiger partial charge in [0.2, 0.25) is 5.91 Å². The number of rotatable bonds is 5. The van der Waals surface area contributed by atoms with Crippen molar-refractivity contribution in [2.45, 2.75) is 25.4 Å². The van der Waals surface area contributed by atoms with Gasteiger partial charge in [-0.25, -0.2) is 0 Å². The highest BCUT2D eigenvalue weighted by Gasteiger charge is 2.36. The molecule has 1 aliphatic rings. The Hall–Kier alpha value is -2.57. The summed E-state index contributed by atoms with van der Waals surface area (Å²) in [5, 5.41) is 8.69. The summed E-state index contributed by atoms with van der Waals surface area (Å²) in [5.41, 5.74) is 12.6. The van der Waals surface area contributed by atoms with Crippen molar-refractivity contribution in [3.8, 4) is 0 Å². The molecule has 0 saturated heterocycles. The van der Waals surface area contributed by atoms with Gasteiger partial charge in [0, 0.05) is 29.8 Å². The van der Waals surface area contributed by atoms with Gasteiger partial charge in [0.25, 0.3) is 5.91 Å². The van der Waals surface area contributed by atoms with Crippen LogP contribution in [0.2, 0.25) is 0 Å². The number of aliphatic carboxylic acids is 1. The maximum absolute atomic E-state index is 12.3. The molecule has 2 rings (SSSR count). The minimum Gasteiger partial charge on any atom is -0.481 e. The highest BCUT2D eigenvalue weighted by Crippen LogP contribution is 2.29. The first-order valence-corrected chi connectivity index (χ1v) is 6.11. The lowest BCUT2D eigenvalue weighted by molar-refractivity contribution is -0.137. The van der Waals surface area contributed by atoms with Crippen LogP contribution >= 0.6 is 0 Å². The first-order chi connectivity index (χ1) is 9.41. The molecule has 20 heavy (non-hydrogen) atoms. The zero-order valence-corrected chi connectivity index (χ0v) is 10.7. The fourth-order valence-corrected chi connectivity index (χ4v) is 2.34. The van der Waals surface area contributed by atoms with E-state index in [0.717, 1.165) is 0 Å². The minimum atomic E-state index is -1.04. The van der Waals surface area contributed by atoms with Crippen LogP contribution in [0.4, 0.5) is 5.69 Å². The van der Waals surface area contributed by atoms with Crippen molar-refractivity contribution < 1.29 is 19.5 Å². The van der Waals surface area contributed by atoms with Gasteiger partial charge in [-0.3, -0.25) is 14.4 Å². The molecule has 106 valence electrons. The summed E-state index contributed by atoms with van der Waals surface area (Å²) in [6.45, 7) is 0.175. The van der Waals surface area contributed by atoms with Crippen LogP contribution in [0.5, 0.6) is 0 Å². The van der Waals surface area contributed by atoms with Crippen LogP contribution in [0.3, 0.4) is 0 Å². The lowest BCUT2D eigenvalue weighted by atomic mass is 10.1. The smallest absolute Gasteiger partial charge is 0.303 e. The number of primary amides is 1. The number of carboxylic acid groups (broad SMARTS) is 1. The van der Waals surface area contributed by atoms with Gasteiger partial charge in [0.05, 0.1) is 0 Å². The highest BCUT2D eigenvalue weighted by atomic mass is 16.4. The maximum Gasteiger partial charge on any atom is 0.303 e. The summed E-state index contributed by atoms with van der Waals surface area (Å²) in [5.74, 6) is -2.10. The van der Waals surface area contributed by atoms with Gasteiger partial charge in [-0.2, -0.15) is 0 Å². The van der Waals surface area contributed by atoms with Gasteiger partial charge in [0.15, 0.2) is 0 Å². The normalized spacial score (nSPS) is 15.0. The molecule has 1 aliphatic heterocycles. The van der Waals surface area contributed by atoms with Crippen molar-refractivity contribution in [2.24, 2.45) is 5.73 Å². The first kappa shape index (κ1) is 13.9. The third-order valence-corrected chi connectivity index (χ3v) is 3.37. The number of carboxylic acids is 1. The van der Waals surface area contributed by atoms with Crippen molar-refractivity contribution in [2.75, 3.05) is 5.73 Å². The predicted octanol–water partition coefficient (Wildman–Crippen LogP) is -0.0567. The van der Waals surface area contributed by atoms with Gasteiger partial charge in [0.1, 0.15) is 6.04 Å². The Labute approximate surface area is 115 Å². The molecule has 1 heterocycles. The summed E-state index contributed by atoms with van der Waals surface area (Å²) in [6, 6.07) is 4.02. The van der Waals surface area contributed by atoms with E-state index in [1.807, 2.05) is 0 Å².